The second kappa shape index (κ2) is 9.08. The van der Waals surface area contributed by atoms with Crippen molar-refractivity contribution in [2.24, 2.45) is 0 Å². The van der Waals surface area contributed by atoms with Crippen LogP contribution in [0.2, 0.25) is 0 Å². The van der Waals surface area contributed by atoms with Crippen molar-refractivity contribution in [1.29, 1.82) is 0 Å². The molecular formula is C20H21F2NO3. The maximum Gasteiger partial charge on any atom is 0.341 e. The number of ether oxygens (including phenoxy) is 1. The van der Waals surface area contributed by atoms with Crippen molar-refractivity contribution in [2.45, 2.75) is 26.2 Å². The average molecular weight is 361 g/mol. The number of hydrogen-bond acceptors (Lipinski definition) is 3. The van der Waals surface area contributed by atoms with Gasteiger partial charge in [-0.25, -0.2) is 13.6 Å². The Bertz CT molecular complexity index is 773. The van der Waals surface area contributed by atoms with Gasteiger partial charge < -0.3 is 10.1 Å². The van der Waals surface area contributed by atoms with Crippen LogP contribution in [0.15, 0.2) is 42.5 Å². The highest BCUT2D eigenvalue weighted by Gasteiger charge is 2.15. The first kappa shape index (κ1) is 19.6. The summed E-state index contributed by atoms with van der Waals surface area (Å²) in [7, 11) is 0. The third-order valence-corrected chi connectivity index (χ3v) is 3.87. The normalized spacial score (nSPS) is 10.7. The lowest BCUT2D eigenvalue weighted by atomic mass is 10.0. The molecular weight excluding hydrogens is 340 g/mol. The molecule has 4 nitrogen and oxygen atoms in total. The maximum absolute atomic E-state index is 13.5. The molecule has 138 valence electrons. The molecule has 0 aromatic heterocycles. The molecule has 2 rings (SSSR count). The Morgan fingerprint density at radius 1 is 1.08 bits per heavy atom. The number of rotatable bonds is 7. The third-order valence-electron chi connectivity index (χ3n) is 3.87. The Labute approximate surface area is 151 Å². The van der Waals surface area contributed by atoms with Crippen LogP contribution in [0.5, 0.6) is 0 Å². The number of nitrogens with one attached hydrogen (secondary N) is 1. The van der Waals surface area contributed by atoms with Gasteiger partial charge in [0.1, 0.15) is 11.6 Å². The van der Waals surface area contributed by atoms with Crippen LogP contribution in [0.4, 0.5) is 8.78 Å². The van der Waals surface area contributed by atoms with E-state index in [0.717, 1.165) is 17.7 Å². The Balaban J connectivity index is 1.74. The molecule has 0 fully saturated rings. The van der Waals surface area contributed by atoms with E-state index in [0.29, 0.717) is 24.9 Å². The van der Waals surface area contributed by atoms with Crippen LogP contribution in [0.1, 0.15) is 41.3 Å². The van der Waals surface area contributed by atoms with Gasteiger partial charge >= 0.3 is 5.97 Å². The highest BCUT2D eigenvalue weighted by molar-refractivity contribution is 5.91. The molecule has 0 aliphatic carbocycles. The zero-order chi connectivity index (χ0) is 19.1. The minimum Gasteiger partial charge on any atom is -0.452 e. The van der Waals surface area contributed by atoms with Crippen molar-refractivity contribution in [3.63, 3.8) is 0 Å². The van der Waals surface area contributed by atoms with Crippen LogP contribution in [-0.4, -0.2) is 25.0 Å². The van der Waals surface area contributed by atoms with Gasteiger partial charge in [-0.05, 0) is 35.6 Å². The van der Waals surface area contributed by atoms with Gasteiger partial charge in [-0.3, -0.25) is 4.79 Å². The molecule has 0 aliphatic heterocycles. The second-order valence-corrected chi connectivity index (χ2v) is 6.20. The minimum absolute atomic E-state index is 0.391. The fourth-order valence-electron chi connectivity index (χ4n) is 2.33. The highest BCUT2D eigenvalue weighted by Crippen LogP contribution is 2.14. The number of amides is 1. The number of halogens is 2. The van der Waals surface area contributed by atoms with Gasteiger partial charge in [0, 0.05) is 12.6 Å². The van der Waals surface area contributed by atoms with Crippen LogP contribution in [-0.2, 0) is 16.0 Å². The first-order valence-corrected chi connectivity index (χ1v) is 8.34. The van der Waals surface area contributed by atoms with Crippen LogP contribution in [0.3, 0.4) is 0 Å². The Kier molecular flexibility index (Phi) is 6.83. The first-order chi connectivity index (χ1) is 12.4. The summed E-state index contributed by atoms with van der Waals surface area (Å²) >= 11 is 0. The van der Waals surface area contributed by atoms with E-state index in [1.54, 1.807) is 0 Å². The monoisotopic (exact) mass is 361 g/mol. The number of carbonyl (C=O) groups is 2. The van der Waals surface area contributed by atoms with Gasteiger partial charge in [-0.1, -0.05) is 38.1 Å². The molecule has 0 saturated heterocycles. The Morgan fingerprint density at radius 2 is 1.77 bits per heavy atom. The van der Waals surface area contributed by atoms with Crippen molar-refractivity contribution in [3.05, 3.63) is 70.8 Å². The number of esters is 1. The third kappa shape index (κ3) is 5.65. The van der Waals surface area contributed by atoms with Crippen LogP contribution in [0.25, 0.3) is 0 Å². The summed E-state index contributed by atoms with van der Waals surface area (Å²) in [6.45, 7) is 4.10. The predicted molar refractivity (Wildman–Crippen MR) is 93.9 cm³/mol. The Hall–Kier alpha value is -2.76. The average Bonchev–Trinajstić information content (AvgIpc) is 2.60. The molecule has 1 amide bonds. The van der Waals surface area contributed by atoms with Crippen molar-refractivity contribution in [1.82, 2.24) is 5.32 Å². The summed E-state index contributed by atoms with van der Waals surface area (Å²) in [6.07, 6.45) is 0.644. The summed E-state index contributed by atoms with van der Waals surface area (Å²) in [4.78, 5) is 23.4. The first-order valence-electron chi connectivity index (χ1n) is 8.34. The lowest BCUT2D eigenvalue weighted by molar-refractivity contribution is -0.124. The van der Waals surface area contributed by atoms with E-state index in [1.807, 2.05) is 12.1 Å². The van der Waals surface area contributed by atoms with Gasteiger partial charge in [0.2, 0.25) is 0 Å². The summed E-state index contributed by atoms with van der Waals surface area (Å²) in [5.74, 6) is -2.86. The van der Waals surface area contributed by atoms with Crippen LogP contribution >= 0.6 is 0 Å². The lowest BCUT2D eigenvalue weighted by Crippen LogP contribution is -2.30. The molecule has 0 atom stereocenters. The quantitative estimate of drug-likeness (QED) is 0.767. The lowest BCUT2D eigenvalue weighted by Gasteiger charge is -2.09. The molecule has 0 heterocycles. The van der Waals surface area contributed by atoms with E-state index in [9.17, 15) is 18.4 Å². The topological polar surface area (TPSA) is 55.4 Å². The fraction of sp³-hybridized carbons (Fsp3) is 0.300. The second-order valence-electron chi connectivity index (χ2n) is 6.20. The number of benzene rings is 2. The zero-order valence-corrected chi connectivity index (χ0v) is 14.7. The Morgan fingerprint density at radius 3 is 2.38 bits per heavy atom. The van der Waals surface area contributed by atoms with E-state index in [2.05, 4.69) is 31.3 Å². The predicted octanol–water partition coefficient (Wildman–Crippen LogP) is 3.60. The molecule has 2 aromatic rings. The number of hydrogen-bond donors (Lipinski definition) is 1. The fourth-order valence-corrected chi connectivity index (χ4v) is 2.33. The maximum atomic E-state index is 13.5. The van der Waals surface area contributed by atoms with Crippen molar-refractivity contribution < 1.29 is 23.1 Å². The van der Waals surface area contributed by atoms with E-state index in [-0.39, 0.29) is 0 Å². The van der Waals surface area contributed by atoms with Crippen molar-refractivity contribution in [3.8, 4) is 0 Å². The summed E-state index contributed by atoms with van der Waals surface area (Å²) < 4.78 is 31.0. The van der Waals surface area contributed by atoms with Gasteiger partial charge in [-0.2, -0.15) is 0 Å². The molecule has 0 unspecified atom stereocenters. The highest BCUT2D eigenvalue weighted by atomic mass is 19.1. The molecule has 0 bridgehead atoms. The minimum atomic E-state index is -1.03. The summed E-state index contributed by atoms with van der Waals surface area (Å²) in [5, 5.41) is 2.63. The molecule has 0 aliphatic rings. The van der Waals surface area contributed by atoms with Gasteiger partial charge in [0.15, 0.2) is 6.61 Å². The molecule has 0 spiro atoms. The molecule has 0 saturated carbocycles. The van der Waals surface area contributed by atoms with Gasteiger partial charge in [0.25, 0.3) is 5.91 Å². The molecule has 2 aromatic carbocycles. The smallest absolute Gasteiger partial charge is 0.341 e. The molecule has 26 heavy (non-hydrogen) atoms. The SMILES string of the molecule is CC(C)c1ccc(CCNC(=O)COC(=O)c2ccc(F)cc2F)cc1. The summed E-state index contributed by atoms with van der Waals surface area (Å²) in [6, 6.07) is 10.6. The van der Waals surface area contributed by atoms with E-state index < -0.39 is 35.7 Å². The van der Waals surface area contributed by atoms with Gasteiger partial charge in [-0.15, -0.1) is 0 Å². The molecule has 6 heteroatoms. The summed E-state index contributed by atoms with van der Waals surface area (Å²) in [5.41, 5.74) is 1.92. The van der Waals surface area contributed by atoms with E-state index in [1.165, 1.54) is 5.56 Å². The van der Waals surface area contributed by atoms with Crippen molar-refractivity contribution in [2.75, 3.05) is 13.2 Å². The largest absolute Gasteiger partial charge is 0.452 e. The van der Waals surface area contributed by atoms with Gasteiger partial charge in [0.05, 0.1) is 5.56 Å². The molecule has 0 radical (unpaired) electrons. The van der Waals surface area contributed by atoms with Crippen LogP contribution < -0.4 is 5.32 Å². The zero-order valence-electron chi connectivity index (χ0n) is 14.7. The van der Waals surface area contributed by atoms with E-state index in [4.69, 9.17) is 4.74 Å². The van der Waals surface area contributed by atoms with Crippen LogP contribution in [0, 0.1) is 11.6 Å². The standard InChI is InChI=1S/C20H21F2NO3/c1-13(2)15-5-3-14(4-6-15)9-10-23-19(24)12-26-20(25)17-8-7-16(21)11-18(17)22/h3-8,11,13H,9-10,12H2,1-2H3,(H,23,24). The van der Waals surface area contributed by atoms with Crippen molar-refractivity contribution >= 4 is 11.9 Å². The number of carbonyl (C=O) groups excluding carboxylic acids is 2. The molecule has 1 N–H and O–H groups in total. The van der Waals surface area contributed by atoms with E-state index >= 15 is 0 Å².